The smallest absolute Gasteiger partial charge is 0.338 e. The van der Waals surface area contributed by atoms with Crippen LogP contribution in [-0.2, 0) is 19.4 Å². The van der Waals surface area contributed by atoms with E-state index in [4.69, 9.17) is 16.3 Å². The Morgan fingerprint density at radius 3 is 2.31 bits per heavy atom. The van der Waals surface area contributed by atoms with Gasteiger partial charge in [-0.25, -0.2) is 13.2 Å². The lowest BCUT2D eigenvalue weighted by Crippen LogP contribution is -2.30. The number of ether oxygens (including phenoxy) is 1. The molecular formula is C18H18ClNO5S. The summed E-state index contributed by atoms with van der Waals surface area (Å²) >= 11 is 6.01. The van der Waals surface area contributed by atoms with Crippen LogP contribution in [-0.4, -0.2) is 32.7 Å². The summed E-state index contributed by atoms with van der Waals surface area (Å²) < 4.78 is 28.0. The van der Waals surface area contributed by atoms with Gasteiger partial charge in [0.1, 0.15) is 0 Å². The standard InChI is InChI=1S/C18H18ClNO5S/c1-11-15(19)5-4-6-16(11)20-17(21)12(2)25-18(22)13-7-9-14(10-8-13)26(3,23)24/h4-10,12H,1-3H3,(H,20,21)/t12-/m0/s1. The number of nitrogens with one attached hydrogen (secondary N) is 1. The predicted molar refractivity (Wildman–Crippen MR) is 99.2 cm³/mol. The van der Waals surface area contributed by atoms with Crippen LogP contribution in [0.25, 0.3) is 0 Å². The number of anilines is 1. The van der Waals surface area contributed by atoms with Gasteiger partial charge >= 0.3 is 5.97 Å². The van der Waals surface area contributed by atoms with Crippen LogP contribution in [0.4, 0.5) is 5.69 Å². The van der Waals surface area contributed by atoms with E-state index in [1.165, 1.54) is 31.2 Å². The maximum atomic E-state index is 12.2. The number of benzene rings is 2. The molecule has 8 heteroatoms. The quantitative estimate of drug-likeness (QED) is 0.785. The van der Waals surface area contributed by atoms with Crippen LogP contribution in [0.15, 0.2) is 47.4 Å². The largest absolute Gasteiger partial charge is 0.449 e. The molecule has 0 aliphatic heterocycles. The monoisotopic (exact) mass is 395 g/mol. The van der Waals surface area contributed by atoms with Crippen LogP contribution < -0.4 is 5.32 Å². The summed E-state index contributed by atoms with van der Waals surface area (Å²) in [4.78, 5) is 24.4. The van der Waals surface area contributed by atoms with E-state index in [1.807, 2.05) is 0 Å². The number of halogens is 1. The maximum absolute atomic E-state index is 12.2. The van der Waals surface area contributed by atoms with Crippen LogP contribution in [0.1, 0.15) is 22.8 Å². The molecule has 138 valence electrons. The summed E-state index contributed by atoms with van der Waals surface area (Å²) in [6.45, 7) is 3.20. The van der Waals surface area contributed by atoms with Gasteiger partial charge in [-0.05, 0) is 55.8 Å². The highest BCUT2D eigenvalue weighted by molar-refractivity contribution is 7.90. The Morgan fingerprint density at radius 1 is 1.12 bits per heavy atom. The molecule has 1 atom stereocenters. The molecule has 0 aromatic heterocycles. The molecule has 0 aliphatic carbocycles. The number of rotatable bonds is 5. The minimum atomic E-state index is -3.35. The molecule has 1 amide bonds. The Balaban J connectivity index is 2.04. The van der Waals surface area contributed by atoms with E-state index in [2.05, 4.69) is 5.32 Å². The van der Waals surface area contributed by atoms with Gasteiger partial charge in [0, 0.05) is 17.0 Å². The zero-order valence-electron chi connectivity index (χ0n) is 14.4. The minimum Gasteiger partial charge on any atom is -0.449 e. The van der Waals surface area contributed by atoms with E-state index in [-0.39, 0.29) is 10.5 Å². The molecule has 0 fully saturated rings. The molecule has 0 radical (unpaired) electrons. The molecule has 0 spiro atoms. The average Bonchev–Trinajstić information content (AvgIpc) is 2.58. The van der Waals surface area contributed by atoms with Crippen molar-refractivity contribution < 1.29 is 22.7 Å². The first-order valence-electron chi connectivity index (χ1n) is 7.66. The molecule has 2 rings (SSSR count). The number of sulfone groups is 1. The second-order valence-electron chi connectivity index (χ2n) is 5.75. The molecule has 0 bridgehead atoms. The fourth-order valence-corrected chi connectivity index (χ4v) is 2.90. The van der Waals surface area contributed by atoms with Gasteiger partial charge in [0.05, 0.1) is 10.5 Å². The normalized spacial score (nSPS) is 12.3. The number of amides is 1. The highest BCUT2D eigenvalue weighted by Crippen LogP contribution is 2.23. The Morgan fingerprint density at radius 2 is 1.73 bits per heavy atom. The number of esters is 1. The van der Waals surface area contributed by atoms with Gasteiger partial charge in [-0.2, -0.15) is 0 Å². The summed E-state index contributed by atoms with van der Waals surface area (Å²) in [6.07, 6.45) is 0.0281. The molecule has 0 aliphatic rings. The summed E-state index contributed by atoms with van der Waals surface area (Å²) in [6, 6.07) is 10.4. The van der Waals surface area contributed by atoms with Crippen molar-refractivity contribution in [3.63, 3.8) is 0 Å². The zero-order valence-corrected chi connectivity index (χ0v) is 16.0. The van der Waals surface area contributed by atoms with Crippen molar-refractivity contribution in [1.29, 1.82) is 0 Å². The fourth-order valence-electron chi connectivity index (χ4n) is 2.10. The Labute approximate surface area is 157 Å². The van der Waals surface area contributed by atoms with Crippen molar-refractivity contribution >= 4 is 39.0 Å². The van der Waals surface area contributed by atoms with Gasteiger partial charge in [0.2, 0.25) is 0 Å². The fraction of sp³-hybridized carbons (Fsp3) is 0.222. The van der Waals surface area contributed by atoms with Crippen LogP contribution in [0.2, 0.25) is 5.02 Å². The van der Waals surface area contributed by atoms with E-state index < -0.39 is 27.8 Å². The molecule has 6 nitrogen and oxygen atoms in total. The minimum absolute atomic E-state index is 0.0938. The van der Waals surface area contributed by atoms with E-state index >= 15 is 0 Å². The molecule has 26 heavy (non-hydrogen) atoms. The van der Waals surface area contributed by atoms with Crippen molar-refractivity contribution in [2.24, 2.45) is 0 Å². The summed E-state index contributed by atoms with van der Waals surface area (Å²) in [5.74, 6) is -1.23. The lowest BCUT2D eigenvalue weighted by Gasteiger charge is -2.15. The first-order chi connectivity index (χ1) is 12.1. The van der Waals surface area contributed by atoms with Gasteiger partial charge < -0.3 is 10.1 Å². The van der Waals surface area contributed by atoms with Gasteiger partial charge in [0.25, 0.3) is 5.91 Å². The third-order valence-corrected chi connectivity index (χ3v) is 5.23. The summed E-state index contributed by atoms with van der Waals surface area (Å²) in [5, 5.41) is 3.17. The molecule has 0 heterocycles. The van der Waals surface area contributed by atoms with Crippen molar-refractivity contribution in [2.45, 2.75) is 24.8 Å². The van der Waals surface area contributed by atoms with E-state index in [0.29, 0.717) is 16.3 Å². The molecular weight excluding hydrogens is 378 g/mol. The molecule has 1 N–H and O–H groups in total. The second kappa shape index (κ2) is 7.88. The first-order valence-corrected chi connectivity index (χ1v) is 9.93. The van der Waals surface area contributed by atoms with Crippen LogP contribution in [0.5, 0.6) is 0 Å². The van der Waals surface area contributed by atoms with Crippen LogP contribution in [0, 0.1) is 6.92 Å². The highest BCUT2D eigenvalue weighted by Gasteiger charge is 2.20. The Bertz CT molecular complexity index is 939. The zero-order chi connectivity index (χ0) is 19.5. The molecule has 0 saturated heterocycles. The lowest BCUT2D eigenvalue weighted by molar-refractivity contribution is -0.123. The Hall–Kier alpha value is -2.38. The first kappa shape index (κ1) is 19.9. The summed E-state index contributed by atoms with van der Waals surface area (Å²) in [5.41, 5.74) is 1.39. The van der Waals surface area contributed by atoms with Gasteiger partial charge in [-0.15, -0.1) is 0 Å². The van der Waals surface area contributed by atoms with Crippen molar-refractivity contribution in [3.8, 4) is 0 Å². The van der Waals surface area contributed by atoms with Gasteiger partial charge in [-0.1, -0.05) is 17.7 Å². The second-order valence-corrected chi connectivity index (χ2v) is 8.17. The third-order valence-electron chi connectivity index (χ3n) is 3.70. The van der Waals surface area contributed by atoms with Crippen LogP contribution in [0.3, 0.4) is 0 Å². The van der Waals surface area contributed by atoms with Gasteiger partial charge in [-0.3, -0.25) is 4.79 Å². The van der Waals surface area contributed by atoms with E-state index in [1.54, 1.807) is 25.1 Å². The number of hydrogen-bond acceptors (Lipinski definition) is 5. The van der Waals surface area contributed by atoms with Gasteiger partial charge in [0.15, 0.2) is 15.9 Å². The molecule has 0 saturated carbocycles. The predicted octanol–water partition coefficient (Wildman–Crippen LogP) is 3.24. The van der Waals surface area contributed by atoms with Crippen molar-refractivity contribution in [1.82, 2.24) is 0 Å². The topological polar surface area (TPSA) is 89.5 Å². The number of carbonyl (C=O) groups is 2. The Kier molecular flexibility index (Phi) is 6.05. The summed E-state index contributed by atoms with van der Waals surface area (Å²) in [7, 11) is -3.35. The number of carbonyl (C=O) groups excluding carboxylic acids is 2. The lowest BCUT2D eigenvalue weighted by atomic mass is 10.2. The van der Waals surface area contributed by atoms with Crippen molar-refractivity contribution in [2.75, 3.05) is 11.6 Å². The van der Waals surface area contributed by atoms with Crippen LogP contribution >= 0.6 is 11.6 Å². The SMILES string of the molecule is Cc1c(Cl)cccc1NC(=O)[C@H](C)OC(=O)c1ccc(S(C)(=O)=O)cc1. The van der Waals surface area contributed by atoms with E-state index in [9.17, 15) is 18.0 Å². The molecule has 2 aromatic rings. The molecule has 0 unspecified atom stereocenters. The van der Waals surface area contributed by atoms with Crippen molar-refractivity contribution in [3.05, 3.63) is 58.6 Å². The maximum Gasteiger partial charge on any atom is 0.338 e. The van der Waals surface area contributed by atoms with E-state index in [0.717, 1.165) is 6.26 Å². The third kappa shape index (κ3) is 4.83. The average molecular weight is 396 g/mol. The molecule has 2 aromatic carbocycles. The highest BCUT2D eigenvalue weighted by atomic mass is 35.5. The number of hydrogen-bond donors (Lipinski definition) is 1.